The quantitative estimate of drug-likeness (QED) is 0.592. The highest BCUT2D eigenvalue weighted by Gasteiger charge is 2.63. The first-order valence-corrected chi connectivity index (χ1v) is 11.0. The molecule has 2 unspecified atom stereocenters. The molecule has 3 heterocycles. The zero-order valence-electron chi connectivity index (χ0n) is 15.7. The van der Waals surface area contributed by atoms with Crippen molar-refractivity contribution in [2.75, 3.05) is 13.1 Å². The fourth-order valence-corrected chi connectivity index (χ4v) is 7.12. The molecule has 1 aliphatic carbocycles. The number of nitrogens with zero attached hydrogens (tertiary/aromatic N) is 2. The minimum absolute atomic E-state index is 0.764. The topological polar surface area (TPSA) is 6.48 Å². The van der Waals surface area contributed by atoms with Crippen LogP contribution in [-0.4, -0.2) is 41.2 Å². The zero-order chi connectivity index (χ0) is 16.7. The summed E-state index contributed by atoms with van der Waals surface area (Å²) in [5, 5.41) is 0. The van der Waals surface area contributed by atoms with Crippen LogP contribution in [0.4, 0.5) is 0 Å². The Labute approximate surface area is 153 Å². The Morgan fingerprint density at radius 2 is 1.32 bits per heavy atom. The van der Waals surface area contributed by atoms with Crippen LogP contribution in [0.5, 0.6) is 0 Å². The van der Waals surface area contributed by atoms with Crippen LogP contribution in [0, 0.1) is 5.82 Å². The van der Waals surface area contributed by atoms with E-state index in [4.69, 9.17) is 0 Å². The molecule has 0 bridgehead atoms. The maximum Gasteiger partial charge on any atom is 0.364 e. The summed E-state index contributed by atoms with van der Waals surface area (Å²) < 4.78 is 0. The monoisotopic (exact) mass is 336 g/mol. The lowest BCUT2D eigenvalue weighted by molar-refractivity contribution is 0.186. The Bertz CT molecular complexity index is 561. The Balaban J connectivity index is 1.66. The maximum absolute atomic E-state index is 3.05. The molecule has 0 N–H and O–H groups in total. The van der Waals surface area contributed by atoms with Gasteiger partial charge in [-0.3, -0.25) is 0 Å². The fraction of sp³-hybridized carbons (Fsp3) is 0.682. The zero-order valence-corrected chi connectivity index (χ0v) is 15.7. The number of hydrogen-bond acceptors (Lipinski definition) is 2. The molecular weight excluding hydrogens is 303 g/mol. The molecule has 5 rings (SSSR count). The van der Waals surface area contributed by atoms with Gasteiger partial charge in [-0.2, -0.15) is 0 Å². The van der Waals surface area contributed by atoms with E-state index >= 15 is 0 Å². The van der Waals surface area contributed by atoms with E-state index in [1.807, 2.05) is 5.82 Å². The van der Waals surface area contributed by atoms with Crippen molar-refractivity contribution in [3.05, 3.63) is 36.1 Å². The normalized spacial score (nSPS) is 36.9. The molecule has 3 saturated heterocycles. The van der Waals surface area contributed by atoms with Crippen molar-refractivity contribution in [2.45, 2.75) is 82.7 Å². The first-order chi connectivity index (χ1) is 12.4. The average molecular weight is 336 g/mol. The molecule has 1 aromatic rings. The predicted molar refractivity (Wildman–Crippen MR) is 107 cm³/mol. The molecular formula is C22H33BN2. The highest BCUT2D eigenvalue weighted by atomic mass is 15.4. The minimum Gasteiger partial charge on any atom is -0.410 e. The van der Waals surface area contributed by atoms with Gasteiger partial charge in [0.2, 0.25) is 0 Å². The summed E-state index contributed by atoms with van der Waals surface area (Å²) in [5.74, 6) is 1.91. The number of piperidine rings is 2. The van der Waals surface area contributed by atoms with E-state index in [1.54, 1.807) is 5.46 Å². The summed E-state index contributed by atoms with van der Waals surface area (Å²) in [7, 11) is 0. The van der Waals surface area contributed by atoms with Crippen LogP contribution < -0.4 is 5.46 Å². The molecule has 0 amide bonds. The average Bonchev–Trinajstić information content (AvgIpc) is 3.01. The van der Waals surface area contributed by atoms with Crippen LogP contribution in [-0.2, 0) is 0 Å². The third-order valence-corrected chi connectivity index (χ3v) is 7.92. The van der Waals surface area contributed by atoms with Crippen molar-refractivity contribution in [2.24, 2.45) is 0 Å². The smallest absolute Gasteiger partial charge is 0.364 e. The standard InChI is InChI=1S/C22H33BN2/c1-3-11-19(12-4-1)23(20-13-5-2-6-14-20)24-17-9-7-15-21(24)22-16-8-10-18-25(22)23/h1,3-4,11-12,21-22H,2,5-10,13-18H2. The molecule has 4 aliphatic rings. The molecule has 4 fully saturated rings. The molecule has 0 radical (unpaired) electrons. The fourth-order valence-electron chi connectivity index (χ4n) is 7.12. The molecule has 3 heteroatoms. The molecule has 2 nitrogen and oxygen atoms in total. The Morgan fingerprint density at radius 3 is 1.92 bits per heavy atom. The summed E-state index contributed by atoms with van der Waals surface area (Å²) in [6, 6.07) is 13.4. The molecule has 0 aromatic heterocycles. The van der Waals surface area contributed by atoms with Crippen molar-refractivity contribution >= 4 is 11.9 Å². The van der Waals surface area contributed by atoms with Gasteiger partial charge in [0.1, 0.15) is 0 Å². The lowest BCUT2D eigenvalue weighted by Gasteiger charge is -2.52. The van der Waals surface area contributed by atoms with Gasteiger partial charge in [-0.15, -0.1) is 5.46 Å². The maximum atomic E-state index is 3.05. The van der Waals surface area contributed by atoms with Gasteiger partial charge < -0.3 is 9.62 Å². The Kier molecular flexibility index (Phi) is 4.34. The van der Waals surface area contributed by atoms with Gasteiger partial charge >= 0.3 is 6.42 Å². The third kappa shape index (κ3) is 2.42. The van der Waals surface area contributed by atoms with E-state index in [0.717, 1.165) is 12.1 Å². The minimum atomic E-state index is -0.764. The number of hydrogen-bond donors (Lipinski definition) is 0. The molecule has 1 aromatic carbocycles. The van der Waals surface area contributed by atoms with E-state index in [1.165, 1.54) is 83.7 Å². The van der Waals surface area contributed by atoms with Gasteiger partial charge in [-0.1, -0.05) is 49.0 Å². The van der Waals surface area contributed by atoms with Gasteiger partial charge in [0.25, 0.3) is 0 Å². The number of benzene rings is 1. The predicted octanol–water partition coefficient (Wildman–Crippen LogP) is 4.14. The highest BCUT2D eigenvalue weighted by Crippen LogP contribution is 2.48. The second kappa shape index (κ2) is 6.66. The van der Waals surface area contributed by atoms with Crippen molar-refractivity contribution in [1.29, 1.82) is 0 Å². The van der Waals surface area contributed by atoms with Gasteiger partial charge in [-0.25, -0.2) is 0 Å². The molecule has 1 saturated carbocycles. The van der Waals surface area contributed by atoms with Gasteiger partial charge in [0, 0.05) is 12.8 Å². The molecule has 134 valence electrons. The molecule has 3 aliphatic heterocycles. The van der Waals surface area contributed by atoms with Gasteiger partial charge in [0.15, 0.2) is 0 Å². The number of rotatable bonds is 2. The van der Waals surface area contributed by atoms with Crippen molar-refractivity contribution in [3.8, 4) is 0 Å². The second-order valence-corrected chi connectivity index (χ2v) is 9.01. The number of fused-ring (bicyclic) bond motifs is 3. The van der Waals surface area contributed by atoms with E-state index in [9.17, 15) is 0 Å². The first-order valence-electron chi connectivity index (χ1n) is 11.0. The summed E-state index contributed by atoms with van der Waals surface area (Å²) >= 11 is 0. The van der Waals surface area contributed by atoms with E-state index in [0.29, 0.717) is 0 Å². The lowest BCUT2D eigenvalue weighted by atomic mass is 9.29. The largest absolute Gasteiger partial charge is 0.410 e. The van der Waals surface area contributed by atoms with E-state index < -0.39 is 6.42 Å². The first kappa shape index (κ1) is 16.3. The van der Waals surface area contributed by atoms with E-state index in [-0.39, 0.29) is 0 Å². The van der Waals surface area contributed by atoms with Crippen LogP contribution in [0.2, 0.25) is 0 Å². The van der Waals surface area contributed by atoms with E-state index in [2.05, 4.69) is 40.0 Å². The Morgan fingerprint density at radius 1 is 0.720 bits per heavy atom. The van der Waals surface area contributed by atoms with Gasteiger partial charge in [0.05, 0.1) is 0 Å². The third-order valence-electron chi connectivity index (χ3n) is 7.92. The van der Waals surface area contributed by atoms with Crippen molar-refractivity contribution < 1.29 is 0 Å². The van der Waals surface area contributed by atoms with Crippen molar-refractivity contribution in [1.82, 2.24) is 9.62 Å². The van der Waals surface area contributed by atoms with Crippen molar-refractivity contribution in [3.63, 3.8) is 0 Å². The summed E-state index contributed by atoms with van der Waals surface area (Å²) in [4.78, 5) is 6.10. The summed E-state index contributed by atoms with van der Waals surface area (Å²) in [5.41, 5.74) is 1.63. The van der Waals surface area contributed by atoms with Crippen LogP contribution in [0.25, 0.3) is 0 Å². The molecule has 25 heavy (non-hydrogen) atoms. The SMILES string of the molecule is c1ccc([B-]2([C+]3CCCCC3)N3CCCCC3C3CCCCN32)cc1. The van der Waals surface area contributed by atoms with Crippen LogP contribution in [0.15, 0.2) is 30.3 Å². The van der Waals surface area contributed by atoms with Crippen LogP contribution in [0.3, 0.4) is 0 Å². The Hall–Kier alpha value is -0.925. The summed E-state index contributed by atoms with van der Waals surface area (Å²) in [6.07, 6.45) is 14.8. The molecule has 0 spiro atoms. The lowest BCUT2D eigenvalue weighted by Crippen LogP contribution is -2.73. The second-order valence-electron chi connectivity index (χ2n) is 9.01. The van der Waals surface area contributed by atoms with Crippen LogP contribution in [0.1, 0.15) is 70.6 Å². The van der Waals surface area contributed by atoms with Gasteiger partial charge in [-0.05, 0) is 70.1 Å². The van der Waals surface area contributed by atoms with Crippen LogP contribution >= 0.6 is 0 Å². The summed E-state index contributed by atoms with van der Waals surface area (Å²) in [6.45, 7) is 2.66. The highest BCUT2D eigenvalue weighted by molar-refractivity contribution is 6.92. The molecule has 2 atom stereocenters.